The lowest BCUT2D eigenvalue weighted by Gasteiger charge is -2.08. The molecular formula is C20H26O. The molecular weight excluding hydrogens is 256 g/mol. The van der Waals surface area contributed by atoms with Crippen LogP contribution in [0.3, 0.4) is 0 Å². The zero-order valence-electron chi connectivity index (χ0n) is 13.3. The fourth-order valence-corrected chi connectivity index (χ4v) is 2.40. The Balaban J connectivity index is 1.88. The van der Waals surface area contributed by atoms with Crippen molar-refractivity contribution in [3.63, 3.8) is 0 Å². The molecule has 0 unspecified atom stereocenters. The van der Waals surface area contributed by atoms with Crippen LogP contribution >= 0.6 is 0 Å². The Labute approximate surface area is 129 Å². The quantitative estimate of drug-likeness (QED) is 0.550. The Bertz CT molecular complexity index is 511. The molecule has 0 saturated carbocycles. The molecule has 112 valence electrons. The topological polar surface area (TPSA) is 9.23 Å². The molecule has 0 saturated heterocycles. The Morgan fingerprint density at radius 1 is 0.714 bits per heavy atom. The summed E-state index contributed by atoms with van der Waals surface area (Å²) in [4.78, 5) is 0. The molecule has 1 nitrogen and oxygen atoms in total. The summed E-state index contributed by atoms with van der Waals surface area (Å²) in [6.45, 7) is 5.23. The molecule has 0 heterocycles. The van der Waals surface area contributed by atoms with Crippen LogP contribution < -0.4 is 4.74 Å². The normalized spacial score (nSPS) is 10.6. The first-order valence-corrected chi connectivity index (χ1v) is 8.15. The van der Waals surface area contributed by atoms with Gasteiger partial charge in [0, 0.05) is 0 Å². The van der Waals surface area contributed by atoms with Crippen molar-refractivity contribution in [2.75, 3.05) is 6.61 Å². The van der Waals surface area contributed by atoms with Gasteiger partial charge in [0.1, 0.15) is 5.75 Å². The van der Waals surface area contributed by atoms with Crippen LogP contribution in [0.2, 0.25) is 0 Å². The van der Waals surface area contributed by atoms with Gasteiger partial charge in [0.25, 0.3) is 0 Å². The van der Waals surface area contributed by atoms with Crippen molar-refractivity contribution >= 4 is 0 Å². The standard InChI is InChI=1S/C20H26O/c1-3-5-6-7-16-21-20-14-12-19(13-15-20)18-10-8-17(4-2)9-11-18/h8-15H,3-7,16H2,1-2H3. The van der Waals surface area contributed by atoms with Crippen molar-refractivity contribution in [2.45, 2.75) is 46.0 Å². The minimum absolute atomic E-state index is 0.824. The summed E-state index contributed by atoms with van der Waals surface area (Å²) in [6, 6.07) is 17.2. The van der Waals surface area contributed by atoms with Crippen LogP contribution in [-0.2, 0) is 6.42 Å². The average molecular weight is 282 g/mol. The largest absolute Gasteiger partial charge is 0.494 e. The lowest BCUT2D eigenvalue weighted by atomic mass is 10.0. The van der Waals surface area contributed by atoms with Gasteiger partial charge < -0.3 is 4.74 Å². The molecule has 0 radical (unpaired) electrons. The van der Waals surface area contributed by atoms with Gasteiger partial charge in [-0.3, -0.25) is 0 Å². The van der Waals surface area contributed by atoms with E-state index in [1.165, 1.54) is 36.0 Å². The van der Waals surface area contributed by atoms with Crippen LogP contribution in [-0.4, -0.2) is 6.61 Å². The summed E-state index contributed by atoms with van der Waals surface area (Å²) in [7, 11) is 0. The van der Waals surface area contributed by atoms with E-state index in [1.807, 2.05) is 0 Å². The third-order valence-electron chi connectivity index (χ3n) is 3.82. The van der Waals surface area contributed by atoms with Crippen LogP contribution in [0, 0.1) is 0 Å². The highest BCUT2D eigenvalue weighted by Crippen LogP contribution is 2.23. The smallest absolute Gasteiger partial charge is 0.119 e. The molecule has 0 aliphatic carbocycles. The molecule has 0 aliphatic heterocycles. The predicted molar refractivity (Wildman–Crippen MR) is 90.9 cm³/mol. The van der Waals surface area contributed by atoms with E-state index in [1.54, 1.807) is 0 Å². The van der Waals surface area contributed by atoms with Crippen LogP contribution in [0.1, 0.15) is 45.1 Å². The maximum absolute atomic E-state index is 5.78. The Hall–Kier alpha value is -1.76. The van der Waals surface area contributed by atoms with Gasteiger partial charge in [0.15, 0.2) is 0 Å². The Morgan fingerprint density at radius 3 is 1.90 bits per heavy atom. The first-order valence-electron chi connectivity index (χ1n) is 8.15. The molecule has 2 rings (SSSR count). The fraction of sp³-hybridized carbons (Fsp3) is 0.400. The molecule has 0 amide bonds. The molecule has 0 aliphatic rings. The lowest BCUT2D eigenvalue weighted by molar-refractivity contribution is 0.305. The van der Waals surface area contributed by atoms with E-state index >= 15 is 0 Å². The average Bonchev–Trinajstić information content (AvgIpc) is 2.55. The van der Waals surface area contributed by atoms with E-state index in [4.69, 9.17) is 4.74 Å². The molecule has 0 spiro atoms. The van der Waals surface area contributed by atoms with Crippen molar-refractivity contribution in [3.05, 3.63) is 54.1 Å². The lowest BCUT2D eigenvalue weighted by Crippen LogP contribution is -1.96. The second-order valence-corrected chi connectivity index (χ2v) is 5.48. The van der Waals surface area contributed by atoms with Gasteiger partial charge in [-0.2, -0.15) is 0 Å². The van der Waals surface area contributed by atoms with Crippen molar-refractivity contribution in [3.8, 4) is 16.9 Å². The number of aryl methyl sites for hydroxylation is 1. The molecule has 0 N–H and O–H groups in total. The highest BCUT2D eigenvalue weighted by Gasteiger charge is 1.99. The first-order chi connectivity index (χ1) is 10.3. The zero-order chi connectivity index (χ0) is 14.9. The monoisotopic (exact) mass is 282 g/mol. The van der Waals surface area contributed by atoms with E-state index < -0.39 is 0 Å². The van der Waals surface area contributed by atoms with E-state index in [9.17, 15) is 0 Å². The summed E-state index contributed by atoms with van der Waals surface area (Å²) in [5.41, 5.74) is 3.89. The van der Waals surface area contributed by atoms with Gasteiger partial charge in [0.2, 0.25) is 0 Å². The van der Waals surface area contributed by atoms with Crippen LogP contribution in [0.5, 0.6) is 5.75 Å². The van der Waals surface area contributed by atoms with E-state index in [0.29, 0.717) is 0 Å². The van der Waals surface area contributed by atoms with Crippen molar-refractivity contribution in [2.24, 2.45) is 0 Å². The molecule has 1 heteroatoms. The number of rotatable bonds is 8. The van der Waals surface area contributed by atoms with E-state index in [-0.39, 0.29) is 0 Å². The molecule has 0 aromatic heterocycles. The molecule has 0 atom stereocenters. The summed E-state index contributed by atoms with van der Waals surface area (Å²) in [6.07, 6.45) is 6.07. The zero-order valence-corrected chi connectivity index (χ0v) is 13.3. The summed E-state index contributed by atoms with van der Waals surface area (Å²) >= 11 is 0. The molecule has 0 fully saturated rings. The summed E-state index contributed by atoms with van der Waals surface area (Å²) < 4.78 is 5.78. The van der Waals surface area contributed by atoms with Gasteiger partial charge in [-0.1, -0.05) is 69.5 Å². The Morgan fingerprint density at radius 2 is 1.33 bits per heavy atom. The number of unbranched alkanes of at least 4 members (excludes halogenated alkanes) is 3. The number of hydrogen-bond donors (Lipinski definition) is 0. The van der Waals surface area contributed by atoms with Crippen LogP contribution in [0.15, 0.2) is 48.5 Å². The first kappa shape index (κ1) is 15.6. The summed E-state index contributed by atoms with van der Waals surface area (Å²) in [5.74, 6) is 0.973. The van der Waals surface area contributed by atoms with Crippen molar-refractivity contribution in [1.82, 2.24) is 0 Å². The minimum Gasteiger partial charge on any atom is -0.494 e. The van der Waals surface area contributed by atoms with Gasteiger partial charge in [-0.25, -0.2) is 0 Å². The molecule has 0 bridgehead atoms. The Kier molecular flexibility index (Phi) is 6.33. The maximum Gasteiger partial charge on any atom is 0.119 e. The summed E-state index contributed by atoms with van der Waals surface area (Å²) in [5, 5.41) is 0. The van der Waals surface area contributed by atoms with E-state index in [2.05, 4.69) is 62.4 Å². The molecule has 21 heavy (non-hydrogen) atoms. The maximum atomic E-state index is 5.78. The number of benzene rings is 2. The highest BCUT2D eigenvalue weighted by molar-refractivity contribution is 5.64. The van der Waals surface area contributed by atoms with E-state index in [0.717, 1.165) is 25.2 Å². The molecule has 2 aromatic carbocycles. The predicted octanol–water partition coefficient (Wildman–Crippen LogP) is 5.88. The van der Waals surface area contributed by atoms with Crippen LogP contribution in [0.25, 0.3) is 11.1 Å². The minimum atomic E-state index is 0.824. The third-order valence-corrected chi connectivity index (χ3v) is 3.82. The second-order valence-electron chi connectivity index (χ2n) is 5.48. The fourth-order valence-electron chi connectivity index (χ4n) is 2.40. The van der Waals surface area contributed by atoms with Gasteiger partial charge in [0.05, 0.1) is 6.61 Å². The third kappa shape index (κ3) is 4.93. The molecule has 2 aromatic rings. The van der Waals surface area contributed by atoms with Crippen molar-refractivity contribution < 1.29 is 4.74 Å². The van der Waals surface area contributed by atoms with Crippen molar-refractivity contribution in [1.29, 1.82) is 0 Å². The van der Waals surface area contributed by atoms with Gasteiger partial charge in [-0.15, -0.1) is 0 Å². The SMILES string of the molecule is CCCCCCOc1ccc(-c2ccc(CC)cc2)cc1. The van der Waals surface area contributed by atoms with Crippen LogP contribution in [0.4, 0.5) is 0 Å². The van der Waals surface area contributed by atoms with Gasteiger partial charge >= 0.3 is 0 Å². The van der Waals surface area contributed by atoms with Gasteiger partial charge in [-0.05, 0) is 41.7 Å². The second kappa shape index (κ2) is 8.51. The highest BCUT2D eigenvalue weighted by atomic mass is 16.5. The number of hydrogen-bond acceptors (Lipinski definition) is 1. The number of ether oxygens (including phenoxy) is 1.